The average Bonchev–Trinajstić information content (AvgIpc) is 2.50. The Labute approximate surface area is 126 Å². The molecule has 0 aliphatic carbocycles. The second kappa shape index (κ2) is 6.93. The zero-order valence-electron chi connectivity index (χ0n) is 12.8. The van der Waals surface area contributed by atoms with Crippen molar-refractivity contribution < 1.29 is 9.53 Å². The number of amides is 1. The third-order valence-corrected chi connectivity index (χ3v) is 3.60. The standard InChI is InChI=1S/C18H21NO2/c1-13-7-8-16(11-14(13)2)18(20)19-10-9-15-5-4-6-17(12-15)21-3/h4-8,11-12H,9-10H2,1-3H3,(H,19,20). The summed E-state index contributed by atoms with van der Waals surface area (Å²) >= 11 is 0. The molecule has 0 aromatic heterocycles. The highest BCUT2D eigenvalue weighted by Crippen LogP contribution is 2.13. The zero-order valence-corrected chi connectivity index (χ0v) is 12.8. The van der Waals surface area contributed by atoms with E-state index in [1.54, 1.807) is 7.11 Å². The molecular formula is C18H21NO2. The van der Waals surface area contributed by atoms with Crippen LogP contribution in [0.4, 0.5) is 0 Å². The van der Waals surface area contributed by atoms with Crippen molar-refractivity contribution >= 4 is 5.91 Å². The SMILES string of the molecule is COc1cccc(CCNC(=O)c2ccc(C)c(C)c2)c1. The minimum absolute atomic E-state index is 0.0269. The maximum Gasteiger partial charge on any atom is 0.251 e. The largest absolute Gasteiger partial charge is 0.497 e. The molecule has 0 unspecified atom stereocenters. The van der Waals surface area contributed by atoms with Gasteiger partial charge in [-0.1, -0.05) is 18.2 Å². The Kier molecular flexibility index (Phi) is 4.99. The van der Waals surface area contributed by atoms with Gasteiger partial charge in [-0.3, -0.25) is 4.79 Å². The number of nitrogens with one attached hydrogen (secondary N) is 1. The number of ether oxygens (including phenoxy) is 1. The van der Waals surface area contributed by atoms with E-state index in [1.807, 2.05) is 56.3 Å². The van der Waals surface area contributed by atoms with Crippen LogP contribution in [0.3, 0.4) is 0 Å². The average molecular weight is 283 g/mol. The molecule has 0 saturated heterocycles. The minimum Gasteiger partial charge on any atom is -0.497 e. The van der Waals surface area contributed by atoms with Crippen molar-refractivity contribution in [2.45, 2.75) is 20.3 Å². The molecule has 3 nitrogen and oxygen atoms in total. The van der Waals surface area contributed by atoms with Crippen LogP contribution in [0.25, 0.3) is 0 Å². The number of hydrogen-bond donors (Lipinski definition) is 1. The van der Waals surface area contributed by atoms with Gasteiger partial charge in [0.2, 0.25) is 0 Å². The van der Waals surface area contributed by atoms with E-state index in [2.05, 4.69) is 5.32 Å². The molecular weight excluding hydrogens is 262 g/mol. The quantitative estimate of drug-likeness (QED) is 0.914. The van der Waals surface area contributed by atoms with E-state index in [0.29, 0.717) is 12.1 Å². The maximum atomic E-state index is 12.1. The van der Waals surface area contributed by atoms with Gasteiger partial charge in [-0.15, -0.1) is 0 Å². The Morgan fingerprint density at radius 1 is 1.10 bits per heavy atom. The lowest BCUT2D eigenvalue weighted by Gasteiger charge is -2.08. The van der Waals surface area contributed by atoms with Crippen molar-refractivity contribution in [1.82, 2.24) is 5.32 Å². The normalized spacial score (nSPS) is 10.2. The van der Waals surface area contributed by atoms with E-state index in [1.165, 1.54) is 5.56 Å². The van der Waals surface area contributed by atoms with Crippen LogP contribution < -0.4 is 10.1 Å². The summed E-state index contributed by atoms with van der Waals surface area (Å²) in [7, 11) is 1.65. The molecule has 0 saturated carbocycles. The molecule has 3 heteroatoms. The predicted molar refractivity (Wildman–Crippen MR) is 84.9 cm³/mol. The maximum absolute atomic E-state index is 12.1. The summed E-state index contributed by atoms with van der Waals surface area (Å²) in [5, 5.41) is 2.95. The molecule has 1 N–H and O–H groups in total. The van der Waals surface area contributed by atoms with Crippen molar-refractivity contribution in [2.75, 3.05) is 13.7 Å². The molecule has 110 valence electrons. The van der Waals surface area contributed by atoms with Crippen LogP contribution in [0, 0.1) is 13.8 Å². The van der Waals surface area contributed by atoms with Gasteiger partial charge in [0.15, 0.2) is 0 Å². The second-order valence-corrected chi connectivity index (χ2v) is 5.16. The first-order valence-corrected chi connectivity index (χ1v) is 7.08. The first-order valence-electron chi connectivity index (χ1n) is 7.08. The molecule has 0 aliphatic rings. The van der Waals surface area contributed by atoms with Crippen molar-refractivity contribution in [3.8, 4) is 5.75 Å². The summed E-state index contributed by atoms with van der Waals surface area (Å²) in [6.45, 7) is 4.67. The molecule has 0 aliphatic heterocycles. The Morgan fingerprint density at radius 3 is 2.62 bits per heavy atom. The number of carbonyl (C=O) groups excluding carboxylic acids is 1. The van der Waals surface area contributed by atoms with E-state index in [0.717, 1.165) is 23.3 Å². The molecule has 0 spiro atoms. The van der Waals surface area contributed by atoms with Gasteiger partial charge in [-0.2, -0.15) is 0 Å². The highest BCUT2D eigenvalue weighted by Gasteiger charge is 2.06. The van der Waals surface area contributed by atoms with Crippen molar-refractivity contribution in [2.24, 2.45) is 0 Å². The zero-order chi connectivity index (χ0) is 15.2. The van der Waals surface area contributed by atoms with Gasteiger partial charge in [0, 0.05) is 12.1 Å². The molecule has 21 heavy (non-hydrogen) atoms. The molecule has 2 rings (SSSR count). The van der Waals surface area contributed by atoms with Gasteiger partial charge in [0.1, 0.15) is 5.75 Å². The third-order valence-electron chi connectivity index (χ3n) is 3.60. The molecule has 2 aromatic carbocycles. The summed E-state index contributed by atoms with van der Waals surface area (Å²) in [4.78, 5) is 12.1. The summed E-state index contributed by atoms with van der Waals surface area (Å²) in [5.41, 5.74) is 4.19. The lowest BCUT2D eigenvalue weighted by Crippen LogP contribution is -2.25. The molecule has 0 radical (unpaired) electrons. The van der Waals surface area contributed by atoms with E-state index in [-0.39, 0.29) is 5.91 Å². The Bertz CT molecular complexity index is 635. The highest BCUT2D eigenvalue weighted by molar-refractivity contribution is 5.94. The Morgan fingerprint density at radius 2 is 1.90 bits per heavy atom. The number of rotatable bonds is 5. The number of aryl methyl sites for hydroxylation is 2. The predicted octanol–water partition coefficient (Wildman–Crippen LogP) is 3.28. The number of carbonyl (C=O) groups is 1. The van der Waals surface area contributed by atoms with E-state index >= 15 is 0 Å². The van der Waals surface area contributed by atoms with Crippen LogP contribution >= 0.6 is 0 Å². The van der Waals surface area contributed by atoms with E-state index in [9.17, 15) is 4.79 Å². The van der Waals surface area contributed by atoms with E-state index < -0.39 is 0 Å². The third kappa shape index (κ3) is 4.09. The van der Waals surface area contributed by atoms with Gasteiger partial charge in [0.05, 0.1) is 7.11 Å². The summed E-state index contributed by atoms with van der Waals surface area (Å²) in [6, 6.07) is 13.7. The topological polar surface area (TPSA) is 38.3 Å². The first-order chi connectivity index (χ1) is 10.1. The van der Waals surface area contributed by atoms with Gasteiger partial charge < -0.3 is 10.1 Å². The van der Waals surface area contributed by atoms with E-state index in [4.69, 9.17) is 4.74 Å². The van der Waals surface area contributed by atoms with Crippen LogP contribution in [0.1, 0.15) is 27.0 Å². The fourth-order valence-corrected chi connectivity index (χ4v) is 2.13. The van der Waals surface area contributed by atoms with Crippen molar-refractivity contribution in [3.63, 3.8) is 0 Å². The molecule has 0 bridgehead atoms. The fraction of sp³-hybridized carbons (Fsp3) is 0.278. The minimum atomic E-state index is -0.0269. The number of hydrogen-bond acceptors (Lipinski definition) is 2. The highest BCUT2D eigenvalue weighted by atomic mass is 16.5. The van der Waals surface area contributed by atoms with Crippen LogP contribution in [0.15, 0.2) is 42.5 Å². The molecule has 0 heterocycles. The monoisotopic (exact) mass is 283 g/mol. The number of methoxy groups -OCH3 is 1. The van der Waals surface area contributed by atoms with Gasteiger partial charge in [-0.05, 0) is 61.2 Å². The second-order valence-electron chi connectivity index (χ2n) is 5.16. The van der Waals surface area contributed by atoms with Gasteiger partial charge in [-0.25, -0.2) is 0 Å². The van der Waals surface area contributed by atoms with Crippen molar-refractivity contribution in [3.05, 3.63) is 64.7 Å². The summed E-state index contributed by atoms with van der Waals surface area (Å²) in [6.07, 6.45) is 0.785. The molecule has 2 aromatic rings. The van der Waals surface area contributed by atoms with Crippen molar-refractivity contribution in [1.29, 1.82) is 0 Å². The lowest BCUT2D eigenvalue weighted by atomic mass is 10.1. The summed E-state index contributed by atoms with van der Waals surface area (Å²) < 4.78 is 5.19. The molecule has 0 fully saturated rings. The molecule has 0 atom stereocenters. The van der Waals surface area contributed by atoms with Gasteiger partial charge in [0.25, 0.3) is 5.91 Å². The van der Waals surface area contributed by atoms with Crippen LogP contribution in [0.5, 0.6) is 5.75 Å². The Balaban J connectivity index is 1.90. The smallest absolute Gasteiger partial charge is 0.251 e. The number of benzene rings is 2. The molecule has 1 amide bonds. The summed E-state index contributed by atoms with van der Waals surface area (Å²) in [5.74, 6) is 0.814. The Hall–Kier alpha value is -2.29. The first kappa shape index (κ1) is 15.1. The van der Waals surface area contributed by atoms with Crippen LogP contribution in [-0.4, -0.2) is 19.6 Å². The van der Waals surface area contributed by atoms with Gasteiger partial charge >= 0.3 is 0 Å². The fourth-order valence-electron chi connectivity index (χ4n) is 2.13. The van der Waals surface area contributed by atoms with Crippen LogP contribution in [0.2, 0.25) is 0 Å². The lowest BCUT2D eigenvalue weighted by molar-refractivity contribution is 0.0954. The van der Waals surface area contributed by atoms with Crippen LogP contribution in [-0.2, 0) is 6.42 Å².